The molecule has 0 radical (unpaired) electrons. The first-order chi connectivity index (χ1) is 12.6. The van der Waals surface area contributed by atoms with E-state index in [2.05, 4.69) is 15.3 Å². The molecular formula is C20H18FN3O2. The number of carbonyl (C=O) groups excluding carboxylic acids is 1. The van der Waals surface area contributed by atoms with Crippen molar-refractivity contribution in [3.8, 4) is 11.3 Å². The molecule has 0 aliphatic heterocycles. The molecule has 0 unspecified atom stereocenters. The minimum absolute atomic E-state index is 0.0295. The van der Waals surface area contributed by atoms with Gasteiger partial charge in [-0.15, -0.1) is 0 Å². The molecule has 4 rings (SSSR count). The molecule has 1 aliphatic rings. The summed E-state index contributed by atoms with van der Waals surface area (Å²) in [5.74, 6) is 1.03. The van der Waals surface area contributed by atoms with Crippen LogP contribution in [0.3, 0.4) is 0 Å². The summed E-state index contributed by atoms with van der Waals surface area (Å²) in [6.07, 6.45) is 7.32. The molecule has 5 nitrogen and oxygen atoms in total. The zero-order valence-electron chi connectivity index (χ0n) is 14.4. The molecule has 0 atom stereocenters. The summed E-state index contributed by atoms with van der Waals surface area (Å²) in [5.41, 5.74) is 2.90. The summed E-state index contributed by atoms with van der Waals surface area (Å²) in [4.78, 5) is 20.8. The van der Waals surface area contributed by atoms with Crippen molar-refractivity contribution in [3.05, 3.63) is 65.1 Å². The van der Waals surface area contributed by atoms with E-state index >= 15 is 0 Å². The number of nitrogens with zero attached hydrogens (tertiary/aromatic N) is 2. The smallest absolute Gasteiger partial charge is 0.259 e. The maximum absolute atomic E-state index is 13.7. The topological polar surface area (TPSA) is 68.0 Å². The van der Waals surface area contributed by atoms with Gasteiger partial charge in [-0.25, -0.2) is 9.37 Å². The first-order valence-corrected chi connectivity index (χ1v) is 8.63. The zero-order valence-corrected chi connectivity index (χ0v) is 14.4. The number of hydrogen-bond donors (Lipinski definition) is 1. The lowest BCUT2D eigenvalue weighted by Crippen LogP contribution is -2.14. The molecule has 132 valence electrons. The molecule has 0 saturated carbocycles. The van der Waals surface area contributed by atoms with Gasteiger partial charge in [0.2, 0.25) is 0 Å². The second kappa shape index (κ2) is 6.71. The van der Waals surface area contributed by atoms with Crippen LogP contribution in [-0.4, -0.2) is 15.9 Å². The molecule has 26 heavy (non-hydrogen) atoms. The Morgan fingerprint density at radius 1 is 1.15 bits per heavy atom. The van der Waals surface area contributed by atoms with Gasteiger partial charge < -0.3 is 9.73 Å². The first kappa shape index (κ1) is 16.4. The highest BCUT2D eigenvalue weighted by atomic mass is 19.1. The van der Waals surface area contributed by atoms with Gasteiger partial charge in [-0.1, -0.05) is 12.1 Å². The van der Waals surface area contributed by atoms with Crippen LogP contribution in [0.1, 0.15) is 40.3 Å². The molecule has 6 heteroatoms. The average Bonchev–Trinajstić information content (AvgIpc) is 2.98. The van der Waals surface area contributed by atoms with Gasteiger partial charge in [0, 0.05) is 17.5 Å². The Balaban J connectivity index is 1.57. The van der Waals surface area contributed by atoms with E-state index in [4.69, 9.17) is 4.42 Å². The predicted molar refractivity (Wildman–Crippen MR) is 95.5 cm³/mol. The third kappa shape index (κ3) is 2.98. The van der Waals surface area contributed by atoms with E-state index in [1.54, 1.807) is 12.3 Å². The van der Waals surface area contributed by atoms with Gasteiger partial charge in [-0.2, -0.15) is 0 Å². The number of rotatable bonds is 3. The van der Waals surface area contributed by atoms with Crippen molar-refractivity contribution < 1.29 is 13.6 Å². The Kier molecular flexibility index (Phi) is 4.24. The first-order valence-electron chi connectivity index (χ1n) is 8.63. The number of hydrogen-bond acceptors (Lipinski definition) is 4. The number of nitrogens with one attached hydrogen (secondary N) is 1. The van der Waals surface area contributed by atoms with Crippen molar-refractivity contribution in [2.75, 3.05) is 5.32 Å². The van der Waals surface area contributed by atoms with E-state index in [9.17, 15) is 9.18 Å². The van der Waals surface area contributed by atoms with Crippen LogP contribution in [0.5, 0.6) is 0 Å². The SMILES string of the molecule is Cc1oc2c(c1-c1cnc(NC(=O)c3ccccc3F)cn1)CCCC2. The van der Waals surface area contributed by atoms with Crippen molar-refractivity contribution in [2.24, 2.45) is 0 Å². The minimum Gasteiger partial charge on any atom is -0.465 e. The summed E-state index contributed by atoms with van der Waals surface area (Å²) in [5, 5.41) is 2.57. The van der Waals surface area contributed by atoms with Gasteiger partial charge in [-0.3, -0.25) is 9.78 Å². The van der Waals surface area contributed by atoms with Crippen LogP contribution < -0.4 is 5.32 Å². The number of amides is 1. The highest BCUT2D eigenvalue weighted by Crippen LogP contribution is 2.35. The Morgan fingerprint density at radius 3 is 2.73 bits per heavy atom. The van der Waals surface area contributed by atoms with Gasteiger partial charge in [0.25, 0.3) is 5.91 Å². The minimum atomic E-state index is -0.574. The number of benzene rings is 1. The number of fused-ring (bicyclic) bond motifs is 1. The Hall–Kier alpha value is -3.02. The molecule has 2 heterocycles. The number of halogens is 1. The molecule has 2 aromatic heterocycles. The van der Waals surface area contributed by atoms with Crippen LogP contribution in [0, 0.1) is 12.7 Å². The summed E-state index contributed by atoms with van der Waals surface area (Å²) >= 11 is 0. The van der Waals surface area contributed by atoms with E-state index in [0.717, 1.165) is 48.5 Å². The molecule has 0 saturated heterocycles. The van der Waals surface area contributed by atoms with E-state index in [1.165, 1.54) is 30.0 Å². The number of aryl methyl sites for hydroxylation is 2. The fraction of sp³-hybridized carbons (Fsp3) is 0.250. The standard InChI is InChI=1S/C20H18FN3O2/c1-12-19(14-7-3-5-9-17(14)26-12)16-10-23-18(11-22-16)24-20(25)13-6-2-4-8-15(13)21/h2,4,6,8,10-11H,3,5,7,9H2,1H3,(H,23,24,25). The summed E-state index contributed by atoms with van der Waals surface area (Å²) < 4.78 is 19.6. The van der Waals surface area contributed by atoms with Crippen molar-refractivity contribution in [3.63, 3.8) is 0 Å². The molecule has 1 N–H and O–H groups in total. The summed E-state index contributed by atoms with van der Waals surface area (Å²) in [7, 11) is 0. The third-order valence-corrected chi connectivity index (χ3v) is 4.62. The van der Waals surface area contributed by atoms with Gasteiger partial charge in [0.05, 0.1) is 23.7 Å². The molecule has 1 aliphatic carbocycles. The largest absolute Gasteiger partial charge is 0.465 e. The lowest BCUT2D eigenvalue weighted by Gasteiger charge is -2.11. The second-order valence-electron chi connectivity index (χ2n) is 6.36. The molecule has 0 spiro atoms. The molecule has 1 aromatic carbocycles. The molecule has 3 aromatic rings. The van der Waals surface area contributed by atoms with Crippen LogP contribution in [0.4, 0.5) is 10.2 Å². The monoisotopic (exact) mass is 351 g/mol. The van der Waals surface area contributed by atoms with Crippen LogP contribution in [0.2, 0.25) is 0 Å². The molecule has 1 amide bonds. The number of anilines is 1. The number of furan rings is 1. The van der Waals surface area contributed by atoms with Crippen LogP contribution in [0.15, 0.2) is 41.1 Å². The fourth-order valence-electron chi connectivity index (χ4n) is 3.39. The predicted octanol–water partition coefficient (Wildman–Crippen LogP) is 4.32. The number of carbonyl (C=O) groups is 1. The van der Waals surface area contributed by atoms with Crippen molar-refractivity contribution in [1.82, 2.24) is 9.97 Å². The van der Waals surface area contributed by atoms with Gasteiger partial charge in [-0.05, 0) is 38.3 Å². The highest BCUT2D eigenvalue weighted by molar-refractivity contribution is 6.03. The van der Waals surface area contributed by atoms with Gasteiger partial charge >= 0.3 is 0 Å². The Labute approximate surface area is 150 Å². The Morgan fingerprint density at radius 2 is 1.96 bits per heavy atom. The molecular weight excluding hydrogens is 333 g/mol. The lowest BCUT2D eigenvalue weighted by atomic mass is 9.93. The van der Waals surface area contributed by atoms with Crippen molar-refractivity contribution in [1.29, 1.82) is 0 Å². The normalized spacial score (nSPS) is 13.3. The van der Waals surface area contributed by atoms with Crippen molar-refractivity contribution in [2.45, 2.75) is 32.6 Å². The summed E-state index contributed by atoms with van der Waals surface area (Å²) in [6, 6.07) is 5.81. The molecule has 0 bridgehead atoms. The lowest BCUT2D eigenvalue weighted by molar-refractivity contribution is 0.102. The quantitative estimate of drug-likeness (QED) is 0.763. The van der Waals surface area contributed by atoms with Crippen molar-refractivity contribution >= 4 is 11.7 Å². The number of aromatic nitrogens is 2. The highest BCUT2D eigenvalue weighted by Gasteiger charge is 2.22. The maximum Gasteiger partial charge on any atom is 0.259 e. The maximum atomic E-state index is 13.7. The summed E-state index contributed by atoms with van der Waals surface area (Å²) in [6.45, 7) is 1.93. The van der Waals surface area contributed by atoms with Crippen LogP contribution in [0.25, 0.3) is 11.3 Å². The zero-order chi connectivity index (χ0) is 18.1. The second-order valence-corrected chi connectivity index (χ2v) is 6.36. The Bertz CT molecular complexity index is 964. The van der Waals surface area contributed by atoms with Crippen LogP contribution in [-0.2, 0) is 12.8 Å². The van der Waals surface area contributed by atoms with Gasteiger partial charge in [0.15, 0.2) is 5.82 Å². The third-order valence-electron chi connectivity index (χ3n) is 4.62. The van der Waals surface area contributed by atoms with E-state index < -0.39 is 11.7 Å². The van der Waals surface area contributed by atoms with Gasteiger partial charge in [0.1, 0.15) is 17.3 Å². The van der Waals surface area contributed by atoms with E-state index in [-0.39, 0.29) is 11.4 Å². The average molecular weight is 351 g/mol. The fourth-order valence-corrected chi connectivity index (χ4v) is 3.39. The molecule has 0 fully saturated rings. The van der Waals surface area contributed by atoms with Crippen LogP contribution >= 0.6 is 0 Å². The van der Waals surface area contributed by atoms with E-state index in [1.807, 2.05) is 6.92 Å². The van der Waals surface area contributed by atoms with E-state index in [0.29, 0.717) is 0 Å².